The van der Waals surface area contributed by atoms with Crippen molar-refractivity contribution < 1.29 is 14.6 Å². The van der Waals surface area contributed by atoms with Crippen molar-refractivity contribution in [3.05, 3.63) is 35.9 Å². The third-order valence-electron chi connectivity index (χ3n) is 2.31. The van der Waals surface area contributed by atoms with E-state index in [0.717, 1.165) is 6.42 Å². The molecule has 0 saturated carbocycles. The Kier molecular flexibility index (Phi) is 5.46. The van der Waals surface area contributed by atoms with Gasteiger partial charge in [0.2, 0.25) is 0 Å². The van der Waals surface area contributed by atoms with Crippen molar-refractivity contribution in [2.75, 3.05) is 13.2 Å². The molecule has 3 heteroatoms. The second kappa shape index (κ2) is 6.63. The summed E-state index contributed by atoms with van der Waals surface area (Å²) in [6.45, 7) is 4.55. The van der Waals surface area contributed by atoms with E-state index in [0.29, 0.717) is 19.6 Å². The Bertz CT molecular complexity index is 278. The zero-order valence-electron chi connectivity index (χ0n) is 9.98. The van der Waals surface area contributed by atoms with Crippen LogP contribution in [0.15, 0.2) is 30.3 Å². The fourth-order valence-electron chi connectivity index (χ4n) is 1.58. The second-order valence-corrected chi connectivity index (χ2v) is 3.56. The lowest BCUT2D eigenvalue weighted by atomic mass is 10.1. The minimum Gasteiger partial charge on any atom is -0.343 e. The summed E-state index contributed by atoms with van der Waals surface area (Å²) >= 11 is 0. The van der Waals surface area contributed by atoms with Crippen molar-refractivity contribution in [3.63, 3.8) is 0 Å². The number of ether oxygens (including phenoxy) is 2. The Morgan fingerprint density at radius 2 is 1.62 bits per heavy atom. The van der Waals surface area contributed by atoms with Crippen LogP contribution in [0.2, 0.25) is 0 Å². The molecule has 90 valence electrons. The van der Waals surface area contributed by atoms with Gasteiger partial charge >= 0.3 is 0 Å². The van der Waals surface area contributed by atoms with Crippen LogP contribution in [-0.2, 0) is 15.9 Å². The van der Waals surface area contributed by atoms with Gasteiger partial charge in [-0.05, 0) is 25.8 Å². The van der Waals surface area contributed by atoms with Gasteiger partial charge in [-0.3, -0.25) is 0 Å². The molecule has 0 spiro atoms. The van der Waals surface area contributed by atoms with Crippen molar-refractivity contribution in [1.82, 2.24) is 0 Å². The predicted octanol–water partition coefficient (Wildman–Crippen LogP) is 2.34. The molecule has 16 heavy (non-hydrogen) atoms. The summed E-state index contributed by atoms with van der Waals surface area (Å²) in [7, 11) is 0. The number of benzene rings is 1. The third-order valence-corrected chi connectivity index (χ3v) is 2.31. The van der Waals surface area contributed by atoms with Crippen LogP contribution in [-0.4, -0.2) is 24.3 Å². The summed E-state index contributed by atoms with van der Waals surface area (Å²) in [5.74, 6) is -1.45. The fraction of sp³-hybridized carbons (Fsp3) is 0.538. The summed E-state index contributed by atoms with van der Waals surface area (Å²) in [6, 6.07) is 9.99. The highest BCUT2D eigenvalue weighted by Crippen LogP contribution is 2.17. The lowest BCUT2D eigenvalue weighted by Crippen LogP contribution is -2.36. The molecule has 1 aromatic carbocycles. The van der Waals surface area contributed by atoms with Crippen LogP contribution < -0.4 is 0 Å². The first-order chi connectivity index (χ1) is 7.70. The molecule has 0 aromatic heterocycles. The molecule has 0 saturated heterocycles. The first-order valence-electron chi connectivity index (χ1n) is 5.74. The quantitative estimate of drug-likeness (QED) is 0.722. The van der Waals surface area contributed by atoms with Crippen molar-refractivity contribution >= 4 is 0 Å². The van der Waals surface area contributed by atoms with Crippen LogP contribution >= 0.6 is 0 Å². The maximum Gasteiger partial charge on any atom is 0.280 e. The number of aryl methyl sites for hydroxylation is 1. The van der Waals surface area contributed by atoms with Crippen LogP contribution in [0.25, 0.3) is 0 Å². The topological polar surface area (TPSA) is 38.7 Å². The largest absolute Gasteiger partial charge is 0.343 e. The van der Waals surface area contributed by atoms with Crippen molar-refractivity contribution in [1.29, 1.82) is 0 Å². The fourth-order valence-corrected chi connectivity index (χ4v) is 1.58. The van der Waals surface area contributed by atoms with Crippen LogP contribution in [0.5, 0.6) is 0 Å². The molecular weight excluding hydrogens is 204 g/mol. The molecule has 0 aliphatic heterocycles. The first-order valence-corrected chi connectivity index (χ1v) is 5.74. The maximum atomic E-state index is 10.0. The van der Waals surface area contributed by atoms with Crippen molar-refractivity contribution in [2.45, 2.75) is 32.7 Å². The van der Waals surface area contributed by atoms with E-state index in [1.54, 1.807) is 0 Å². The Hall–Kier alpha value is -0.900. The van der Waals surface area contributed by atoms with E-state index in [1.807, 2.05) is 44.2 Å². The minimum absolute atomic E-state index is 0.436. The minimum atomic E-state index is -1.45. The summed E-state index contributed by atoms with van der Waals surface area (Å²) in [5, 5.41) is 10.0. The highest BCUT2D eigenvalue weighted by Gasteiger charge is 2.27. The molecule has 3 nitrogen and oxygen atoms in total. The summed E-state index contributed by atoms with van der Waals surface area (Å²) in [5.41, 5.74) is 1.17. The van der Waals surface area contributed by atoms with Gasteiger partial charge in [-0.1, -0.05) is 30.3 Å². The normalized spacial score (nSPS) is 11.7. The molecule has 0 aliphatic rings. The van der Waals surface area contributed by atoms with E-state index < -0.39 is 5.97 Å². The smallest absolute Gasteiger partial charge is 0.280 e. The summed E-state index contributed by atoms with van der Waals surface area (Å²) < 4.78 is 10.4. The lowest BCUT2D eigenvalue weighted by Gasteiger charge is -2.27. The zero-order chi connectivity index (χ0) is 11.9. The zero-order valence-corrected chi connectivity index (χ0v) is 9.98. The van der Waals surface area contributed by atoms with Crippen LogP contribution in [0, 0.1) is 0 Å². The monoisotopic (exact) mass is 224 g/mol. The van der Waals surface area contributed by atoms with Crippen LogP contribution in [0.1, 0.15) is 25.8 Å². The van der Waals surface area contributed by atoms with E-state index in [9.17, 15) is 5.11 Å². The molecule has 1 rings (SSSR count). The Morgan fingerprint density at radius 1 is 1.06 bits per heavy atom. The maximum absolute atomic E-state index is 10.0. The van der Waals surface area contributed by atoms with Gasteiger partial charge < -0.3 is 14.6 Å². The van der Waals surface area contributed by atoms with Gasteiger partial charge in [0.05, 0.1) is 0 Å². The van der Waals surface area contributed by atoms with Crippen molar-refractivity contribution in [3.8, 4) is 0 Å². The number of hydrogen-bond acceptors (Lipinski definition) is 3. The van der Waals surface area contributed by atoms with E-state index in [1.165, 1.54) is 5.56 Å². The predicted molar refractivity (Wildman–Crippen MR) is 63.0 cm³/mol. The molecule has 0 bridgehead atoms. The molecule has 0 heterocycles. The number of aliphatic hydroxyl groups is 1. The van der Waals surface area contributed by atoms with Gasteiger partial charge in [-0.15, -0.1) is 0 Å². The Balaban J connectivity index is 2.49. The van der Waals surface area contributed by atoms with Gasteiger partial charge in [0.1, 0.15) is 0 Å². The van der Waals surface area contributed by atoms with Gasteiger partial charge in [0.15, 0.2) is 0 Å². The van der Waals surface area contributed by atoms with Crippen LogP contribution in [0.3, 0.4) is 0 Å². The van der Waals surface area contributed by atoms with Gasteiger partial charge in [0.25, 0.3) is 5.97 Å². The molecule has 0 amide bonds. The summed E-state index contributed by atoms with van der Waals surface area (Å²) in [4.78, 5) is 0. The average Bonchev–Trinajstić information content (AvgIpc) is 2.29. The van der Waals surface area contributed by atoms with Gasteiger partial charge in [-0.2, -0.15) is 0 Å². The molecule has 1 N–H and O–H groups in total. The lowest BCUT2D eigenvalue weighted by molar-refractivity contribution is -0.360. The third kappa shape index (κ3) is 4.31. The Labute approximate surface area is 97.0 Å². The van der Waals surface area contributed by atoms with E-state index in [2.05, 4.69) is 0 Å². The van der Waals surface area contributed by atoms with E-state index >= 15 is 0 Å². The SMILES string of the molecule is CCOC(O)(CCc1ccccc1)OCC. The highest BCUT2D eigenvalue weighted by atomic mass is 16.8. The van der Waals surface area contributed by atoms with E-state index in [-0.39, 0.29) is 0 Å². The standard InChI is InChI=1S/C13H20O3/c1-3-15-13(14,16-4-2)11-10-12-8-6-5-7-9-12/h5-9,14H,3-4,10-11H2,1-2H3. The van der Waals surface area contributed by atoms with Gasteiger partial charge in [0, 0.05) is 19.6 Å². The summed E-state index contributed by atoms with van der Waals surface area (Å²) in [6.07, 6.45) is 1.18. The number of rotatable bonds is 7. The molecular formula is C13H20O3. The molecule has 0 aliphatic carbocycles. The molecule has 0 fully saturated rings. The molecule has 0 radical (unpaired) electrons. The second-order valence-electron chi connectivity index (χ2n) is 3.56. The molecule has 0 unspecified atom stereocenters. The highest BCUT2D eigenvalue weighted by molar-refractivity contribution is 5.14. The Morgan fingerprint density at radius 3 is 2.12 bits per heavy atom. The average molecular weight is 224 g/mol. The molecule has 1 aromatic rings. The molecule has 0 atom stereocenters. The number of hydrogen-bond donors (Lipinski definition) is 1. The van der Waals surface area contributed by atoms with Crippen molar-refractivity contribution in [2.24, 2.45) is 0 Å². The van der Waals surface area contributed by atoms with Crippen LogP contribution in [0.4, 0.5) is 0 Å². The first kappa shape index (κ1) is 13.2. The van der Waals surface area contributed by atoms with Gasteiger partial charge in [-0.25, -0.2) is 0 Å². The van der Waals surface area contributed by atoms with E-state index in [4.69, 9.17) is 9.47 Å².